The fourth-order valence-corrected chi connectivity index (χ4v) is 1.82. The van der Waals surface area contributed by atoms with Gasteiger partial charge in [-0.25, -0.2) is 0 Å². The SMILES string of the molecule is CC(C)(C)OCCNCC(C)(C)c1ccccc1. The first-order valence-corrected chi connectivity index (χ1v) is 6.71. The number of hydrogen-bond donors (Lipinski definition) is 1. The molecule has 0 heterocycles. The van der Waals surface area contributed by atoms with Crippen LogP contribution in [0.25, 0.3) is 0 Å². The molecular weight excluding hydrogens is 222 g/mol. The van der Waals surface area contributed by atoms with E-state index in [1.54, 1.807) is 0 Å². The van der Waals surface area contributed by atoms with Gasteiger partial charge in [0.25, 0.3) is 0 Å². The van der Waals surface area contributed by atoms with E-state index in [1.165, 1.54) is 5.56 Å². The topological polar surface area (TPSA) is 21.3 Å². The molecule has 0 atom stereocenters. The molecule has 0 saturated heterocycles. The van der Waals surface area contributed by atoms with Crippen LogP contribution in [0.15, 0.2) is 30.3 Å². The van der Waals surface area contributed by atoms with Crippen molar-refractivity contribution in [3.05, 3.63) is 35.9 Å². The second kappa shape index (κ2) is 6.35. The summed E-state index contributed by atoms with van der Waals surface area (Å²) in [5, 5.41) is 3.47. The predicted molar refractivity (Wildman–Crippen MR) is 78.0 cm³/mol. The lowest BCUT2D eigenvalue weighted by Gasteiger charge is -2.26. The van der Waals surface area contributed by atoms with E-state index < -0.39 is 0 Å². The Bertz CT molecular complexity index is 338. The van der Waals surface area contributed by atoms with Crippen LogP contribution < -0.4 is 5.32 Å². The number of hydrogen-bond acceptors (Lipinski definition) is 2. The van der Waals surface area contributed by atoms with Gasteiger partial charge in [0.15, 0.2) is 0 Å². The highest BCUT2D eigenvalue weighted by Gasteiger charge is 2.19. The van der Waals surface area contributed by atoms with Gasteiger partial charge in [-0.2, -0.15) is 0 Å². The highest BCUT2D eigenvalue weighted by Crippen LogP contribution is 2.21. The van der Waals surface area contributed by atoms with Crippen LogP contribution in [0.5, 0.6) is 0 Å². The van der Waals surface area contributed by atoms with Crippen LogP contribution in [0, 0.1) is 0 Å². The van der Waals surface area contributed by atoms with Gasteiger partial charge in [0.1, 0.15) is 0 Å². The minimum absolute atomic E-state index is 0.0450. The zero-order valence-corrected chi connectivity index (χ0v) is 12.4. The first kappa shape index (κ1) is 15.2. The van der Waals surface area contributed by atoms with E-state index in [0.717, 1.165) is 19.7 Å². The summed E-state index contributed by atoms with van der Waals surface area (Å²) in [5.74, 6) is 0. The third-order valence-corrected chi connectivity index (χ3v) is 2.94. The number of nitrogens with one attached hydrogen (secondary N) is 1. The molecule has 0 fully saturated rings. The molecule has 0 unspecified atom stereocenters. The van der Waals surface area contributed by atoms with E-state index in [-0.39, 0.29) is 11.0 Å². The van der Waals surface area contributed by atoms with Gasteiger partial charge >= 0.3 is 0 Å². The van der Waals surface area contributed by atoms with Crippen molar-refractivity contribution in [3.8, 4) is 0 Å². The molecule has 0 bridgehead atoms. The Kier molecular flexibility index (Phi) is 5.36. The summed E-state index contributed by atoms with van der Waals surface area (Å²) in [6.45, 7) is 13.4. The molecule has 0 saturated carbocycles. The van der Waals surface area contributed by atoms with Crippen molar-refractivity contribution in [1.29, 1.82) is 0 Å². The largest absolute Gasteiger partial charge is 0.375 e. The van der Waals surface area contributed by atoms with Crippen molar-refractivity contribution in [1.82, 2.24) is 5.32 Å². The van der Waals surface area contributed by atoms with Crippen molar-refractivity contribution in [2.45, 2.75) is 45.6 Å². The Balaban J connectivity index is 2.30. The molecule has 1 N–H and O–H groups in total. The Morgan fingerprint density at radius 3 is 2.17 bits per heavy atom. The molecule has 0 aliphatic carbocycles. The number of rotatable bonds is 6. The van der Waals surface area contributed by atoms with E-state index >= 15 is 0 Å². The van der Waals surface area contributed by atoms with Crippen molar-refractivity contribution >= 4 is 0 Å². The molecule has 0 amide bonds. The second-order valence-corrected chi connectivity index (χ2v) is 6.39. The van der Waals surface area contributed by atoms with Crippen LogP contribution in [-0.4, -0.2) is 25.3 Å². The molecule has 18 heavy (non-hydrogen) atoms. The first-order valence-electron chi connectivity index (χ1n) is 6.71. The third-order valence-electron chi connectivity index (χ3n) is 2.94. The first-order chi connectivity index (χ1) is 8.31. The van der Waals surface area contributed by atoms with Crippen molar-refractivity contribution in [2.24, 2.45) is 0 Å². The molecule has 1 aromatic rings. The molecule has 1 rings (SSSR count). The highest BCUT2D eigenvalue weighted by molar-refractivity contribution is 5.23. The maximum atomic E-state index is 5.69. The Morgan fingerprint density at radius 1 is 1.00 bits per heavy atom. The zero-order valence-electron chi connectivity index (χ0n) is 12.4. The molecule has 2 heteroatoms. The summed E-state index contributed by atoms with van der Waals surface area (Å²) in [4.78, 5) is 0. The van der Waals surface area contributed by atoms with Crippen LogP contribution in [0.4, 0.5) is 0 Å². The van der Waals surface area contributed by atoms with Gasteiger partial charge in [-0.05, 0) is 26.3 Å². The minimum atomic E-state index is -0.0450. The maximum Gasteiger partial charge on any atom is 0.0599 e. The molecule has 0 aliphatic rings. The zero-order chi connectivity index (χ0) is 13.6. The van der Waals surface area contributed by atoms with Gasteiger partial charge in [0.05, 0.1) is 12.2 Å². The average molecular weight is 249 g/mol. The van der Waals surface area contributed by atoms with Gasteiger partial charge in [-0.1, -0.05) is 44.2 Å². The second-order valence-electron chi connectivity index (χ2n) is 6.39. The van der Waals surface area contributed by atoms with Crippen LogP contribution in [0.1, 0.15) is 40.2 Å². The Labute approximate surface area is 112 Å². The highest BCUT2D eigenvalue weighted by atomic mass is 16.5. The maximum absolute atomic E-state index is 5.69. The van der Waals surface area contributed by atoms with Crippen LogP contribution in [-0.2, 0) is 10.2 Å². The lowest BCUT2D eigenvalue weighted by molar-refractivity contribution is -0.00104. The van der Waals surface area contributed by atoms with Gasteiger partial charge in [-0.3, -0.25) is 0 Å². The molecule has 0 aromatic heterocycles. The number of ether oxygens (including phenoxy) is 1. The van der Waals surface area contributed by atoms with Crippen LogP contribution in [0.2, 0.25) is 0 Å². The number of benzene rings is 1. The van der Waals surface area contributed by atoms with Crippen molar-refractivity contribution in [3.63, 3.8) is 0 Å². The lowest BCUT2D eigenvalue weighted by Crippen LogP contribution is -2.35. The van der Waals surface area contributed by atoms with Crippen molar-refractivity contribution in [2.75, 3.05) is 19.7 Å². The Hall–Kier alpha value is -0.860. The summed E-state index contributed by atoms with van der Waals surface area (Å²) in [5.41, 5.74) is 1.48. The molecular formula is C16H27NO. The summed E-state index contributed by atoms with van der Waals surface area (Å²) >= 11 is 0. The molecule has 0 spiro atoms. The van der Waals surface area contributed by atoms with Gasteiger partial charge < -0.3 is 10.1 Å². The standard InChI is InChI=1S/C16H27NO/c1-15(2,3)18-12-11-17-13-16(4,5)14-9-7-6-8-10-14/h6-10,17H,11-13H2,1-5H3. The Morgan fingerprint density at radius 2 is 1.61 bits per heavy atom. The molecule has 1 aromatic carbocycles. The summed E-state index contributed by atoms with van der Waals surface area (Å²) in [7, 11) is 0. The summed E-state index contributed by atoms with van der Waals surface area (Å²) < 4.78 is 5.69. The lowest BCUT2D eigenvalue weighted by atomic mass is 9.85. The van der Waals surface area contributed by atoms with E-state index in [0.29, 0.717) is 0 Å². The minimum Gasteiger partial charge on any atom is -0.375 e. The normalized spacial score (nSPS) is 12.7. The summed E-state index contributed by atoms with van der Waals surface area (Å²) in [6, 6.07) is 10.6. The van der Waals surface area contributed by atoms with Crippen molar-refractivity contribution < 1.29 is 4.74 Å². The van der Waals surface area contributed by atoms with Crippen LogP contribution in [0.3, 0.4) is 0 Å². The van der Waals surface area contributed by atoms with E-state index in [2.05, 4.69) is 70.3 Å². The van der Waals surface area contributed by atoms with Gasteiger partial charge in [-0.15, -0.1) is 0 Å². The third kappa shape index (κ3) is 5.65. The van der Waals surface area contributed by atoms with Gasteiger partial charge in [0.2, 0.25) is 0 Å². The van der Waals surface area contributed by atoms with E-state index in [1.807, 2.05) is 0 Å². The molecule has 2 nitrogen and oxygen atoms in total. The molecule has 102 valence electrons. The fourth-order valence-electron chi connectivity index (χ4n) is 1.82. The monoisotopic (exact) mass is 249 g/mol. The predicted octanol–water partition coefficient (Wildman–Crippen LogP) is 3.37. The quantitative estimate of drug-likeness (QED) is 0.781. The average Bonchev–Trinajstić information content (AvgIpc) is 2.28. The van der Waals surface area contributed by atoms with E-state index in [4.69, 9.17) is 4.74 Å². The van der Waals surface area contributed by atoms with Crippen LogP contribution >= 0.6 is 0 Å². The molecule has 0 radical (unpaired) electrons. The summed E-state index contributed by atoms with van der Waals surface area (Å²) in [6.07, 6.45) is 0. The van der Waals surface area contributed by atoms with Gasteiger partial charge in [0, 0.05) is 18.5 Å². The molecule has 0 aliphatic heterocycles. The fraction of sp³-hybridized carbons (Fsp3) is 0.625. The smallest absolute Gasteiger partial charge is 0.0599 e. The van der Waals surface area contributed by atoms with E-state index in [9.17, 15) is 0 Å².